The fourth-order valence-electron chi connectivity index (χ4n) is 2.76. The molecule has 1 aromatic carbocycles. The van der Waals surface area contributed by atoms with E-state index in [1.807, 2.05) is 0 Å². The Hall–Kier alpha value is -1.93. The van der Waals surface area contributed by atoms with Crippen LogP contribution in [0.3, 0.4) is 0 Å². The van der Waals surface area contributed by atoms with E-state index in [9.17, 15) is 12.8 Å². The maximum Gasteiger partial charge on any atom is 0.240 e. The molecule has 0 bridgehead atoms. The van der Waals surface area contributed by atoms with E-state index in [1.165, 1.54) is 10.4 Å². The molecule has 0 fully saturated rings. The monoisotopic (exact) mass is 398 g/mol. The molecule has 1 aromatic heterocycles. The molecule has 2 aromatic rings. The van der Waals surface area contributed by atoms with Crippen LogP contribution in [-0.4, -0.2) is 29.7 Å². The van der Waals surface area contributed by atoms with Gasteiger partial charge in [-0.2, -0.15) is 0 Å². The van der Waals surface area contributed by atoms with Crippen molar-refractivity contribution < 1.29 is 12.8 Å². The lowest BCUT2D eigenvalue weighted by atomic mass is 10.1. The van der Waals surface area contributed by atoms with E-state index in [0.29, 0.717) is 29.2 Å². The molecule has 26 heavy (non-hydrogen) atoms. The minimum Gasteiger partial charge on any atom is -0.340 e. The molecular formula is C17H20ClFN4O2S. The van der Waals surface area contributed by atoms with Gasteiger partial charge in [-0.1, -0.05) is 0 Å². The SMILES string of the molecule is Cc1cnc(Cl)nc1Nc1cc(F)c2c(c1)N(S(=O)(=O)C(C)(C)C)CC2. The summed E-state index contributed by atoms with van der Waals surface area (Å²) in [4.78, 5) is 7.97. The molecule has 1 aliphatic rings. The van der Waals surface area contributed by atoms with Gasteiger partial charge in [-0.05, 0) is 57.8 Å². The van der Waals surface area contributed by atoms with Crippen LogP contribution in [0.25, 0.3) is 0 Å². The smallest absolute Gasteiger partial charge is 0.240 e. The number of halogens is 2. The summed E-state index contributed by atoms with van der Waals surface area (Å²) in [5, 5.41) is 3.06. The molecule has 2 heterocycles. The summed E-state index contributed by atoms with van der Waals surface area (Å²) >= 11 is 5.82. The summed E-state index contributed by atoms with van der Waals surface area (Å²) in [5.41, 5.74) is 1.89. The van der Waals surface area contributed by atoms with Gasteiger partial charge in [0.05, 0.1) is 10.4 Å². The molecule has 9 heteroatoms. The van der Waals surface area contributed by atoms with Crippen molar-refractivity contribution in [1.29, 1.82) is 0 Å². The van der Waals surface area contributed by atoms with Gasteiger partial charge >= 0.3 is 0 Å². The Bertz CT molecular complexity index is 973. The summed E-state index contributed by atoms with van der Waals surface area (Å²) < 4.78 is 40.6. The third kappa shape index (κ3) is 3.23. The van der Waals surface area contributed by atoms with E-state index in [1.54, 1.807) is 40.0 Å². The molecule has 1 aliphatic heterocycles. The highest BCUT2D eigenvalue weighted by Gasteiger charge is 2.39. The Balaban J connectivity index is 2.04. The van der Waals surface area contributed by atoms with Gasteiger partial charge in [-0.3, -0.25) is 4.31 Å². The predicted molar refractivity (Wildman–Crippen MR) is 101 cm³/mol. The number of benzene rings is 1. The largest absolute Gasteiger partial charge is 0.340 e. The van der Waals surface area contributed by atoms with Gasteiger partial charge in [-0.25, -0.2) is 22.8 Å². The molecule has 0 amide bonds. The maximum absolute atomic E-state index is 14.6. The highest BCUT2D eigenvalue weighted by atomic mass is 35.5. The van der Waals surface area contributed by atoms with Gasteiger partial charge in [0.2, 0.25) is 15.3 Å². The zero-order valence-corrected chi connectivity index (χ0v) is 16.5. The number of hydrogen-bond donors (Lipinski definition) is 1. The van der Waals surface area contributed by atoms with Crippen molar-refractivity contribution in [1.82, 2.24) is 9.97 Å². The normalized spacial score (nSPS) is 14.5. The average molecular weight is 399 g/mol. The van der Waals surface area contributed by atoms with Crippen molar-refractivity contribution >= 4 is 38.8 Å². The minimum atomic E-state index is -3.62. The molecule has 1 N–H and O–H groups in total. The zero-order chi connectivity index (χ0) is 19.3. The Morgan fingerprint density at radius 2 is 2.00 bits per heavy atom. The summed E-state index contributed by atoms with van der Waals surface area (Å²) in [6.45, 7) is 6.91. The van der Waals surface area contributed by atoms with Gasteiger partial charge in [0.1, 0.15) is 11.6 Å². The first kappa shape index (κ1) is 18.8. The second kappa shape index (κ2) is 6.35. The third-order valence-corrected chi connectivity index (χ3v) is 6.96. The predicted octanol–water partition coefficient (Wildman–Crippen LogP) is 3.81. The van der Waals surface area contributed by atoms with Gasteiger partial charge in [0.15, 0.2) is 0 Å². The molecule has 0 radical (unpaired) electrons. The van der Waals surface area contributed by atoms with Crippen LogP contribution in [-0.2, 0) is 16.4 Å². The standard InChI is InChI=1S/C17H20ClFN4O2S/c1-10-9-20-16(18)22-15(10)21-11-7-13(19)12-5-6-23(14(12)8-11)26(24,25)17(2,3)4/h7-9H,5-6H2,1-4H3,(H,20,21,22). The second-order valence-electron chi connectivity index (χ2n) is 7.19. The first-order chi connectivity index (χ1) is 12.0. The van der Waals surface area contributed by atoms with Crippen LogP contribution in [0.2, 0.25) is 5.28 Å². The van der Waals surface area contributed by atoms with Crippen LogP contribution in [0.1, 0.15) is 31.9 Å². The number of fused-ring (bicyclic) bond motifs is 1. The van der Waals surface area contributed by atoms with Crippen LogP contribution < -0.4 is 9.62 Å². The fraction of sp³-hybridized carbons (Fsp3) is 0.412. The highest BCUT2D eigenvalue weighted by molar-refractivity contribution is 7.94. The van der Waals surface area contributed by atoms with E-state index in [2.05, 4.69) is 15.3 Å². The number of sulfonamides is 1. The van der Waals surface area contributed by atoms with Crippen molar-refractivity contribution in [3.05, 3.63) is 40.6 Å². The minimum absolute atomic E-state index is 0.0664. The lowest BCUT2D eigenvalue weighted by molar-refractivity contribution is 0.556. The second-order valence-corrected chi connectivity index (χ2v) is 10.1. The van der Waals surface area contributed by atoms with Gasteiger partial charge in [0.25, 0.3) is 0 Å². The van der Waals surface area contributed by atoms with E-state index >= 15 is 0 Å². The Kier molecular flexibility index (Phi) is 4.60. The zero-order valence-electron chi connectivity index (χ0n) is 15.0. The number of nitrogens with zero attached hydrogens (tertiary/aromatic N) is 3. The van der Waals surface area contributed by atoms with Crippen molar-refractivity contribution in [2.75, 3.05) is 16.2 Å². The van der Waals surface area contributed by atoms with Crippen molar-refractivity contribution in [3.63, 3.8) is 0 Å². The number of anilines is 3. The van der Waals surface area contributed by atoms with E-state index in [4.69, 9.17) is 11.6 Å². The van der Waals surface area contributed by atoms with Gasteiger partial charge < -0.3 is 5.32 Å². The number of rotatable bonds is 3. The van der Waals surface area contributed by atoms with E-state index in [0.717, 1.165) is 5.56 Å². The molecular weight excluding hydrogens is 379 g/mol. The maximum atomic E-state index is 14.6. The Morgan fingerprint density at radius 1 is 1.31 bits per heavy atom. The van der Waals surface area contributed by atoms with Crippen LogP contribution in [0, 0.1) is 12.7 Å². The van der Waals surface area contributed by atoms with Crippen LogP contribution in [0.4, 0.5) is 21.6 Å². The molecule has 3 rings (SSSR count). The van der Waals surface area contributed by atoms with E-state index in [-0.39, 0.29) is 11.8 Å². The molecule has 0 spiro atoms. The van der Waals surface area contributed by atoms with Crippen LogP contribution >= 0.6 is 11.6 Å². The number of aromatic nitrogens is 2. The molecule has 0 unspecified atom stereocenters. The molecule has 0 saturated heterocycles. The topological polar surface area (TPSA) is 75.2 Å². The lowest BCUT2D eigenvalue weighted by Gasteiger charge is -2.28. The lowest BCUT2D eigenvalue weighted by Crippen LogP contribution is -2.42. The molecule has 0 saturated carbocycles. The highest BCUT2D eigenvalue weighted by Crippen LogP contribution is 2.38. The fourth-order valence-corrected chi connectivity index (χ4v) is 4.31. The Morgan fingerprint density at radius 3 is 2.65 bits per heavy atom. The quantitative estimate of drug-likeness (QED) is 0.795. The summed E-state index contributed by atoms with van der Waals surface area (Å²) in [5.74, 6) is -0.0120. The summed E-state index contributed by atoms with van der Waals surface area (Å²) in [7, 11) is -3.62. The molecule has 140 valence electrons. The van der Waals surface area contributed by atoms with Gasteiger partial charge in [0, 0.05) is 29.6 Å². The average Bonchev–Trinajstić information content (AvgIpc) is 2.95. The molecule has 0 atom stereocenters. The van der Waals surface area contributed by atoms with Crippen molar-refractivity contribution in [2.45, 2.75) is 38.9 Å². The Labute approximate surface area is 157 Å². The summed E-state index contributed by atoms with van der Waals surface area (Å²) in [6, 6.07) is 2.96. The van der Waals surface area contributed by atoms with Gasteiger partial charge in [-0.15, -0.1) is 0 Å². The van der Waals surface area contributed by atoms with Crippen LogP contribution in [0.5, 0.6) is 0 Å². The number of aryl methyl sites for hydroxylation is 1. The molecule has 0 aliphatic carbocycles. The summed E-state index contributed by atoms with van der Waals surface area (Å²) in [6.07, 6.45) is 1.90. The third-order valence-electron chi connectivity index (χ3n) is 4.27. The molecule has 6 nitrogen and oxygen atoms in total. The number of hydrogen-bond acceptors (Lipinski definition) is 5. The van der Waals surface area contributed by atoms with Crippen molar-refractivity contribution in [3.8, 4) is 0 Å². The van der Waals surface area contributed by atoms with Crippen LogP contribution in [0.15, 0.2) is 18.3 Å². The van der Waals surface area contributed by atoms with E-state index < -0.39 is 20.6 Å². The first-order valence-corrected chi connectivity index (χ1v) is 9.93. The number of nitrogens with one attached hydrogen (secondary N) is 1. The van der Waals surface area contributed by atoms with Crippen molar-refractivity contribution in [2.24, 2.45) is 0 Å². The first-order valence-electron chi connectivity index (χ1n) is 8.11.